The third-order valence-corrected chi connectivity index (χ3v) is 2.76. The van der Waals surface area contributed by atoms with E-state index in [1.165, 1.54) is 6.20 Å². The fraction of sp³-hybridized carbons (Fsp3) is 0.600. The highest BCUT2D eigenvalue weighted by Crippen LogP contribution is 2.26. The van der Waals surface area contributed by atoms with Crippen LogP contribution in [-0.2, 0) is 0 Å². The molecule has 1 aromatic heterocycles. The third-order valence-electron chi connectivity index (χ3n) is 2.76. The fourth-order valence-electron chi connectivity index (χ4n) is 1.36. The summed E-state index contributed by atoms with van der Waals surface area (Å²) in [5.41, 5.74) is -0.0770. The quantitative estimate of drug-likeness (QED) is 0.621. The maximum absolute atomic E-state index is 10.9. The highest BCUT2D eigenvalue weighted by Gasteiger charge is 2.22. The van der Waals surface area contributed by atoms with E-state index in [1.807, 2.05) is 13.8 Å². The van der Waals surface area contributed by atoms with E-state index in [2.05, 4.69) is 15.3 Å². The summed E-state index contributed by atoms with van der Waals surface area (Å²) < 4.78 is 0. The van der Waals surface area contributed by atoms with Crippen LogP contribution >= 0.6 is 0 Å². The Morgan fingerprint density at radius 2 is 2.29 bits per heavy atom. The van der Waals surface area contributed by atoms with E-state index in [9.17, 15) is 10.1 Å². The van der Waals surface area contributed by atoms with Crippen LogP contribution in [0.15, 0.2) is 6.20 Å². The number of anilines is 2. The van der Waals surface area contributed by atoms with Gasteiger partial charge in [0.15, 0.2) is 0 Å². The minimum Gasteiger partial charge on any atom is -0.357 e. The molecule has 0 spiro atoms. The van der Waals surface area contributed by atoms with Crippen LogP contribution < -0.4 is 10.2 Å². The summed E-state index contributed by atoms with van der Waals surface area (Å²) in [6.07, 6.45) is 2.11. The van der Waals surface area contributed by atoms with E-state index in [0.29, 0.717) is 11.8 Å². The lowest BCUT2D eigenvalue weighted by molar-refractivity contribution is -0.384. The fourth-order valence-corrected chi connectivity index (χ4v) is 1.36. The molecule has 0 radical (unpaired) electrons. The Balaban J connectivity index is 3.21. The molecule has 1 N–H and O–H groups in total. The SMILES string of the molecule is CCC(C)N(C)c1nc(NC)ncc1[N+](=O)[O-]. The number of rotatable bonds is 5. The molecule has 0 bridgehead atoms. The van der Waals surface area contributed by atoms with Gasteiger partial charge >= 0.3 is 5.69 Å². The van der Waals surface area contributed by atoms with Crippen LogP contribution in [0.3, 0.4) is 0 Å². The summed E-state index contributed by atoms with van der Waals surface area (Å²) in [4.78, 5) is 20.2. The van der Waals surface area contributed by atoms with Crippen molar-refractivity contribution in [2.75, 3.05) is 24.3 Å². The summed E-state index contributed by atoms with van der Waals surface area (Å²) in [6, 6.07) is 0.174. The molecule has 1 rings (SSSR count). The van der Waals surface area contributed by atoms with Gasteiger partial charge in [0.05, 0.1) is 4.92 Å². The van der Waals surface area contributed by atoms with Gasteiger partial charge in [0.25, 0.3) is 0 Å². The van der Waals surface area contributed by atoms with Crippen molar-refractivity contribution in [1.82, 2.24) is 9.97 Å². The van der Waals surface area contributed by atoms with Crippen LogP contribution in [0.4, 0.5) is 17.5 Å². The van der Waals surface area contributed by atoms with Crippen LogP contribution in [0, 0.1) is 10.1 Å². The van der Waals surface area contributed by atoms with Crippen LogP contribution in [0.5, 0.6) is 0 Å². The largest absolute Gasteiger partial charge is 0.357 e. The summed E-state index contributed by atoms with van der Waals surface area (Å²) in [7, 11) is 3.47. The van der Waals surface area contributed by atoms with Crippen LogP contribution in [0.25, 0.3) is 0 Å². The van der Waals surface area contributed by atoms with Crippen molar-refractivity contribution < 1.29 is 4.92 Å². The Morgan fingerprint density at radius 1 is 1.65 bits per heavy atom. The van der Waals surface area contributed by atoms with Crippen molar-refractivity contribution in [3.8, 4) is 0 Å². The molecule has 17 heavy (non-hydrogen) atoms. The van der Waals surface area contributed by atoms with Crippen molar-refractivity contribution in [3.05, 3.63) is 16.3 Å². The number of aromatic nitrogens is 2. The van der Waals surface area contributed by atoms with Gasteiger partial charge in [0, 0.05) is 20.1 Å². The number of hydrogen-bond donors (Lipinski definition) is 1. The maximum atomic E-state index is 10.9. The highest BCUT2D eigenvalue weighted by atomic mass is 16.6. The zero-order valence-corrected chi connectivity index (χ0v) is 10.5. The van der Waals surface area contributed by atoms with Gasteiger partial charge in [-0.2, -0.15) is 4.98 Å². The van der Waals surface area contributed by atoms with Crippen LogP contribution in [-0.4, -0.2) is 35.0 Å². The van der Waals surface area contributed by atoms with Crippen molar-refractivity contribution in [1.29, 1.82) is 0 Å². The summed E-state index contributed by atoms with van der Waals surface area (Å²) in [6.45, 7) is 4.01. The molecule has 0 aliphatic rings. The van der Waals surface area contributed by atoms with E-state index < -0.39 is 4.92 Å². The first kappa shape index (κ1) is 13.1. The first-order chi connectivity index (χ1) is 8.01. The second-order valence-electron chi connectivity index (χ2n) is 3.78. The Labute approximate surface area is 100 Å². The molecule has 0 saturated heterocycles. The Kier molecular flexibility index (Phi) is 4.19. The highest BCUT2D eigenvalue weighted by molar-refractivity contribution is 5.58. The first-order valence-electron chi connectivity index (χ1n) is 5.43. The smallest absolute Gasteiger partial charge is 0.329 e. The third kappa shape index (κ3) is 2.80. The van der Waals surface area contributed by atoms with Gasteiger partial charge in [-0.1, -0.05) is 6.92 Å². The van der Waals surface area contributed by atoms with Gasteiger partial charge in [-0.25, -0.2) is 4.98 Å². The van der Waals surface area contributed by atoms with Gasteiger partial charge in [-0.3, -0.25) is 10.1 Å². The molecule has 1 heterocycles. The molecule has 7 heteroatoms. The predicted octanol–water partition coefficient (Wildman–Crippen LogP) is 1.66. The average Bonchev–Trinajstić information content (AvgIpc) is 2.35. The molecule has 1 atom stereocenters. The molecule has 0 aromatic carbocycles. The van der Waals surface area contributed by atoms with E-state index in [-0.39, 0.29) is 11.7 Å². The molecule has 0 fully saturated rings. The first-order valence-corrected chi connectivity index (χ1v) is 5.43. The Hall–Kier alpha value is -1.92. The molecule has 94 valence electrons. The van der Waals surface area contributed by atoms with E-state index >= 15 is 0 Å². The normalized spacial score (nSPS) is 12.0. The van der Waals surface area contributed by atoms with E-state index in [1.54, 1.807) is 19.0 Å². The van der Waals surface area contributed by atoms with Gasteiger partial charge in [-0.15, -0.1) is 0 Å². The second kappa shape index (κ2) is 5.42. The standard InChI is InChI=1S/C10H17N5O2/c1-5-7(2)14(4)9-8(15(16)17)6-12-10(11-3)13-9/h6-7H,5H2,1-4H3,(H,11,12,13). The molecule has 1 aromatic rings. The lowest BCUT2D eigenvalue weighted by Crippen LogP contribution is -2.29. The molecule has 0 aliphatic heterocycles. The van der Waals surface area contributed by atoms with Crippen LogP contribution in [0.2, 0.25) is 0 Å². The van der Waals surface area contributed by atoms with E-state index in [0.717, 1.165) is 6.42 Å². The number of nitrogens with zero attached hydrogens (tertiary/aromatic N) is 4. The number of nitro groups is 1. The zero-order valence-electron chi connectivity index (χ0n) is 10.5. The summed E-state index contributed by atoms with van der Waals surface area (Å²) >= 11 is 0. The van der Waals surface area contributed by atoms with Crippen molar-refractivity contribution in [2.45, 2.75) is 26.3 Å². The molecule has 0 saturated carbocycles. The Morgan fingerprint density at radius 3 is 2.76 bits per heavy atom. The van der Waals surface area contributed by atoms with Gasteiger partial charge in [0.1, 0.15) is 6.20 Å². The minimum atomic E-state index is -0.465. The monoisotopic (exact) mass is 239 g/mol. The van der Waals surface area contributed by atoms with Gasteiger partial charge in [0.2, 0.25) is 11.8 Å². The Bertz CT molecular complexity index is 410. The average molecular weight is 239 g/mol. The van der Waals surface area contributed by atoms with Gasteiger partial charge < -0.3 is 10.2 Å². The number of nitrogens with one attached hydrogen (secondary N) is 1. The molecule has 0 amide bonds. The number of hydrogen-bond acceptors (Lipinski definition) is 6. The summed E-state index contributed by atoms with van der Waals surface area (Å²) in [5.74, 6) is 0.712. The van der Waals surface area contributed by atoms with E-state index in [4.69, 9.17) is 0 Å². The summed E-state index contributed by atoms with van der Waals surface area (Å²) in [5, 5.41) is 13.7. The van der Waals surface area contributed by atoms with Gasteiger partial charge in [-0.05, 0) is 13.3 Å². The molecular weight excluding hydrogens is 222 g/mol. The molecule has 1 unspecified atom stereocenters. The molecular formula is C10H17N5O2. The lowest BCUT2D eigenvalue weighted by Gasteiger charge is -2.24. The van der Waals surface area contributed by atoms with Crippen molar-refractivity contribution >= 4 is 17.5 Å². The second-order valence-corrected chi connectivity index (χ2v) is 3.78. The van der Waals surface area contributed by atoms with Crippen LogP contribution in [0.1, 0.15) is 20.3 Å². The molecule has 7 nitrogen and oxygen atoms in total. The van der Waals surface area contributed by atoms with Crippen molar-refractivity contribution in [2.24, 2.45) is 0 Å². The topological polar surface area (TPSA) is 84.2 Å². The van der Waals surface area contributed by atoms with Crippen molar-refractivity contribution in [3.63, 3.8) is 0 Å². The predicted molar refractivity (Wildman–Crippen MR) is 66.4 cm³/mol. The molecule has 0 aliphatic carbocycles. The maximum Gasteiger partial charge on any atom is 0.329 e. The zero-order chi connectivity index (χ0) is 13.0. The lowest BCUT2D eigenvalue weighted by atomic mass is 10.2. The minimum absolute atomic E-state index is 0.0770.